The molecule has 0 heterocycles. The Labute approximate surface area is 197 Å². The van der Waals surface area contributed by atoms with Gasteiger partial charge in [0.1, 0.15) is 0 Å². The van der Waals surface area contributed by atoms with Gasteiger partial charge in [0.2, 0.25) is 0 Å². The first kappa shape index (κ1) is 36.8. The van der Waals surface area contributed by atoms with Crippen molar-refractivity contribution >= 4 is 0 Å². The van der Waals surface area contributed by atoms with Crippen LogP contribution in [0.25, 0.3) is 0 Å². The van der Waals surface area contributed by atoms with Crippen molar-refractivity contribution in [3.8, 4) is 0 Å². The van der Waals surface area contributed by atoms with Crippen molar-refractivity contribution in [1.29, 1.82) is 0 Å². The number of hydrogen-bond acceptors (Lipinski definition) is 1. The minimum Gasteiger partial charge on any atom is -0.400 e. The lowest BCUT2D eigenvalue weighted by atomic mass is 9.81. The summed E-state index contributed by atoms with van der Waals surface area (Å²) >= 11 is 0. The fourth-order valence-corrected chi connectivity index (χ4v) is 2.97. The predicted octanol–water partition coefficient (Wildman–Crippen LogP) is 10.0. The first-order valence-corrected chi connectivity index (χ1v) is 11.7. The Kier molecular flexibility index (Phi) is 24.1. The van der Waals surface area contributed by atoms with E-state index in [0.717, 1.165) is 20.0 Å². The predicted molar refractivity (Wildman–Crippen MR) is 148 cm³/mol. The molecule has 0 aliphatic heterocycles. The summed E-state index contributed by atoms with van der Waals surface area (Å²) in [4.78, 5) is 0. The molecule has 0 aliphatic rings. The summed E-state index contributed by atoms with van der Waals surface area (Å²) < 4.78 is 0. The molecule has 1 heteroatoms. The highest BCUT2D eigenvalue weighted by atomic mass is 16.2. The average molecular weight is 433 g/mol. The number of hydrogen-bond donors (Lipinski definition) is 1. The summed E-state index contributed by atoms with van der Waals surface area (Å²) in [6.07, 6.45) is 12.6. The van der Waals surface area contributed by atoms with Crippen molar-refractivity contribution in [3.63, 3.8) is 0 Å². The standard InChI is InChI=1S/C14H24.C13H22.C2H6.CH4O/c1-8-12(9-2)13(10-11(3)4)14(5,6)7;1-7-10-12(13(4,5)6)11(8-2)9-3;2*1-2/h8,10H,1,9H2,2-7H3;7-8,10H,2,9H2,1,3-6H3;1-2H3;2H,1H3/b13-12-;10-7-,12-11-;;. The molecule has 0 aromatic rings. The summed E-state index contributed by atoms with van der Waals surface area (Å²) in [5.41, 5.74) is 7.29. The van der Waals surface area contributed by atoms with E-state index in [1.54, 1.807) is 0 Å². The van der Waals surface area contributed by atoms with E-state index in [2.05, 4.69) is 108 Å². The van der Waals surface area contributed by atoms with E-state index in [1.165, 1.54) is 27.9 Å². The molecule has 0 amide bonds. The molecule has 31 heavy (non-hydrogen) atoms. The SMILES string of the molecule is C=C/C(CC)=C(\C=C(C)C)C(C)(C)C.C=C/C(CC)=C(\C=C/C)C(C)(C)C.CC.CO. The second kappa shape index (κ2) is 20.3. The van der Waals surface area contributed by atoms with Crippen LogP contribution in [0.3, 0.4) is 0 Å². The van der Waals surface area contributed by atoms with Crippen LogP contribution in [0.4, 0.5) is 0 Å². The van der Waals surface area contributed by atoms with Gasteiger partial charge in [0.25, 0.3) is 0 Å². The molecule has 0 saturated carbocycles. The molecule has 0 unspecified atom stereocenters. The highest BCUT2D eigenvalue weighted by molar-refractivity contribution is 5.37. The van der Waals surface area contributed by atoms with Gasteiger partial charge in [-0.1, -0.05) is 118 Å². The highest BCUT2D eigenvalue weighted by Gasteiger charge is 2.17. The Morgan fingerprint density at radius 2 is 1.06 bits per heavy atom. The van der Waals surface area contributed by atoms with Crippen LogP contribution in [0.1, 0.15) is 103 Å². The first-order chi connectivity index (χ1) is 14.3. The lowest BCUT2D eigenvalue weighted by molar-refractivity contribution is 0.399. The van der Waals surface area contributed by atoms with E-state index >= 15 is 0 Å². The third-order valence-corrected chi connectivity index (χ3v) is 4.33. The van der Waals surface area contributed by atoms with Crippen molar-refractivity contribution in [2.24, 2.45) is 10.8 Å². The van der Waals surface area contributed by atoms with Gasteiger partial charge in [0.05, 0.1) is 0 Å². The van der Waals surface area contributed by atoms with E-state index in [9.17, 15) is 0 Å². The zero-order chi connectivity index (χ0) is 25.8. The molecule has 182 valence electrons. The molecular formula is C30H56O. The molecule has 0 aromatic heterocycles. The molecule has 0 fully saturated rings. The van der Waals surface area contributed by atoms with Crippen LogP contribution in [-0.4, -0.2) is 12.2 Å². The second-order valence-corrected chi connectivity index (χ2v) is 9.21. The van der Waals surface area contributed by atoms with Crippen molar-refractivity contribution in [2.45, 2.75) is 103 Å². The van der Waals surface area contributed by atoms with E-state index in [4.69, 9.17) is 5.11 Å². The van der Waals surface area contributed by atoms with Gasteiger partial charge < -0.3 is 5.11 Å². The van der Waals surface area contributed by atoms with Crippen LogP contribution in [0.2, 0.25) is 0 Å². The van der Waals surface area contributed by atoms with Crippen LogP contribution >= 0.6 is 0 Å². The molecule has 0 aliphatic carbocycles. The van der Waals surface area contributed by atoms with Gasteiger partial charge >= 0.3 is 0 Å². The van der Waals surface area contributed by atoms with Gasteiger partial charge in [-0.2, -0.15) is 0 Å². The van der Waals surface area contributed by atoms with Gasteiger partial charge in [-0.05, 0) is 66.7 Å². The lowest BCUT2D eigenvalue weighted by Crippen LogP contribution is -2.10. The molecule has 0 saturated heterocycles. The van der Waals surface area contributed by atoms with Crippen LogP contribution in [-0.2, 0) is 0 Å². The summed E-state index contributed by atoms with van der Waals surface area (Å²) in [5.74, 6) is 0. The molecule has 0 radical (unpaired) electrons. The molecule has 1 nitrogen and oxygen atoms in total. The lowest BCUT2D eigenvalue weighted by Gasteiger charge is -2.23. The van der Waals surface area contributed by atoms with E-state index in [0.29, 0.717) is 0 Å². The number of aliphatic hydroxyl groups is 1. The van der Waals surface area contributed by atoms with Gasteiger partial charge in [-0.25, -0.2) is 0 Å². The molecule has 1 N–H and O–H groups in total. The van der Waals surface area contributed by atoms with Crippen LogP contribution in [0.15, 0.2) is 71.4 Å². The molecule has 0 rings (SSSR count). The zero-order valence-corrected chi connectivity index (χ0v) is 23.7. The van der Waals surface area contributed by atoms with Gasteiger partial charge in [-0.3, -0.25) is 0 Å². The fraction of sp³-hybridized carbons (Fsp3) is 0.600. The molecule has 0 atom stereocenters. The normalized spacial score (nSPS) is 12.5. The van der Waals surface area contributed by atoms with Crippen LogP contribution in [0, 0.1) is 10.8 Å². The van der Waals surface area contributed by atoms with Crippen molar-refractivity contribution in [2.75, 3.05) is 7.11 Å². The van der Waals surface area contributed by atoms with Crippen LogP contribution < -0.4 is 0 Å². The molecular weight excluding hydrogens is 376 g/mol. The largest absolute Gasteiger partial charge is 0.400 e. The second-order valence-electron chi connectivity index (χ2n) is 9.21. The van der Waals surface area contributed by atoms with E-state index < -0.39 is 0 Å². The maximum absolute atomic E-state index is 7.00. The smallest absolute Gasteiger partial charge is 0.0319 e. The minimum atomic E-state index is 0.205. The summed E-state index contributed by atoms with van der Waals surface area (Å²) in [6.45, 7) is 35.9. The Morgan fingerprint density at radius 3 is 1.26 bits per heavy atom. The van der Waals surface area contributed by atoms with Crippen molar-refractivity contribution < 1.29 is 5.11 Å². The molecule has 0 aromatic carbocycles. The summed E-state index contributed by atoms with van der Waals surface area (Å²) in [7, 11) is 1.00. The Bertz CT molecular complexity index is 589. The topological polar surface area (TPSA) is 20.2 Å². The number of allylic oxidation sites excluding steroid dienone is 10. The third kappa shape index (κ3) is 17.7. The number of rotatable bonds is 6. The maximum atomic E-state index is 7.00. The third-order valence-electron chi connectivity index (χ3n) is 4.33. The monoisotopic (exact) mass is 432 g/mol. The maximum Gasteiger partial charge on any atom is 0.0319 e. The highest BCUT2D eigenvalue weighted by Crippen LogP contribution is 2.32. The van der Waals surface area contributed by atoms with Crippen LogP contribution in [0.5, 0.6) is 0 Å². The van der Waals surface area contributed by atoms with Gasteiger partial charge in [-0.15, -0.1) is 0 Å². The zero-order valence-electron chi connectivity index (χ0n) is 23.7. The van der Waals surface area contributed by atoms with E-state index in [-0.39, 0.29) is 10.8 Å². The molecule has 0 bridgehead atoms. The van der Waals surface area contributed by atoms with Gasteiger partial charge in [0, 0.05) is 7.11 Å². The Hall–Kier alpha value is -1.60. The quantitative estimate of drug-likeness (QED) is 0.414. The average Bonchev–Trinajstić information content (AvgIpc) is 2.70. The minimum absolute atomic E-state index is 0.205. The Morgan fingerprint density at radius 1 is 0.742 bits per heavy atom. The van der Waals surface area contributed by atoms with Gasteiger partial charge in [0.15, 0.2) is 0 Å². The number of aliphatic hydroxyl groups excluding tert-OH is 1. The summed E-state index contributed by atoms with van der Waals surface area (Å²) in [6, 6.07) is 0. The Balaban J connectivity index is -0.000000203. The van der Waals surface area contributed by atoms with Crippen molar-refractivity contribution in [1.82, 2.24) is 0 Å². The molecule has 0 spiro atoms. The van der Waals surface area contributed by atoms with Crippen molar-refractivity contribution in [3.05, 3.63) is 71.4 Å². The van der Waals surface area contributed by atoms with E-state index in [1.807, 2.05) is 26.0 Å². The fourth-order valence-electron chi connectivity index (χ4n) is 2.97. The first-order valence-electron chi connectivity index (χ1n) is 11.7. The summed E-state index contributed by atoms with van der Waals surface area (Å²) in [5, 5.41) is 7.00.